The molecule has 3 saturated heterocycles. The summed E-state index contributed by atoms with van der Waals surface area (Å²) in [5.74, 6) is 0.712. The Morgan fingerprint density at radius 3 is 2.50 bits per heavy atom. The molecule has 0 bridgehead atoms. The number of hydrogen-bond acceptors (Lipinski definition) is 4. The molecule has 0 aromatic carbocycles. The SMILES string of the molecule is O=C([C@@H]1CCCN(C2CCN(Cc3ccncc3)CC2)C1)N1CCC2(CCCC2)C1. The Kier molecular flexibility index (Phi) is 6.10. The first-order valence-corrected chi connectivity index (χ1v) is 12.3. The van der Waals surface area contributed by atoms with Crippen molar-refractivity contribution in [3.63, 3.8) is 0 Å². The molecule has 0 unspecified atom stereocenters. The van der Waals surface area contributed by atoms with Crippen molar-refractivity contribution in [2.24, 2.45) is 11.3 Å². The van der Waals surface area contributed by atoms with E-state index in [1.807, 2.05) is 12.4 Å². The van der Waals surface area contributed by atoms with Gasteiger partial charge in [-0.3, -0.25) is 19.6 Å². The minimum Gasteiger partial charge on any atom is -0.342 e. The zero-order valence-electron chi connectivity index (χ0n) is 18.5. The Morgan fingerprint density at radius 1 is 0.967 bits per heavy atom. The molecule has 5 heteroatoms. The summed E-state index contributed by atoms with van der Waals surface area (Å²) in [7, 11) is 0. The maximum atomic E-state index is 13.3. The van der Waals surface area contributed by atoms with E-state index in [1.54, 1.807) is 0 Å². The summed E-state index contributed by atoms with van der Waals surface area (Å²) >= 11 is 0. The number of carbonyl (C=O) groups excluding carboxylic acids is 1. The number of rotatable bonds is 4. The van der Waals surface area contributed by atoms with Crippen molar-refractivity contribution in [3.05, 3.63) is 30.1 Å². The Hall–Kier alpha value is -1.46. The molecule has 30 heavy (non-hydrogen) atoms. The predicted octanol–water partition coefficient (Wildman–Crippen LogP) is 3.55. The van der Waals surface area contributed by atoms with Gasteiger partial charge in [0.2, 0.25) is 5.91 Å². The average Bonchev–Trinajstić information content (AvgIpc) is 3.44. The van der Waals surface area contributed by atoms with Crippen LogP contribution in [0.4, 0.5) is 0 Å². The number of carbonyl (C=O) groups is 1. The normalized spacial score (nSPS) is 28.4. The second-order valence-corrected chi connectivity index (χ2v) is 10.4. The first-order valence-electron chi connectivity index (χ1n) is 12.3. The standard InChI is InChI=1S/C25H38N4O/c30-24(29-17-11-25(20-29)9-1-2-10-25)22-4-3-14-28(19-22)23-7-15-27(16-8-23)18-21-5-12-26-13-6-21/h5-6,12-13,22-23H,1-4,7-11,14-20H2/t22-/m1/s1. The highest BCUT2D eigenvalue weighted by atomic mass is 16.2. The third-order valence-electron chi connectivity index (χ3n) is 8.45. The van der Waals surface area contributed by atoms with E-state index in [2.05, 4.69) is 31.8 Å². The zero-order chi connectivity index (χ0) is 20.4. The second-order valence-electron chi connectivity index (χ2n) is 10.4. The van der Waals surface area contributed by atoms with E-state index >= 15 is 0 Å². The fraction of sp³-hybridized carbons (Fsp3) is 0.760. The van der Waals surface area contributed by atoms with Gasteiger partial charge in [0.1, 0.15) is 0 Å². The van der Waals surface area contributed by atoms with Crippen molar-refractivity contribution in [1.82, 2.24) is 19.7 Å². The molecule has 0 radical (unpaired) electrons. The van der Waals surface area contributed by atoms with Gasteiger partial charge in [0, 0.05) is 44.6 Å². The lowest BCUT2D eigenvalue weighted by molar-refractivity contribution is -0.137. The molecule has 1 spiro atoms. The van der Waals surface area contributed by atoms with Gasteiger partial charge in [0.05, 0.1) is 5.92 Å². The monoisotopic (exact) mass is 410 g/mol. The number of pyridine rings is 1. The highest BCUT2D eigenvalue weighted by Crippen LogP contribution is 2.45. The number of aromatic nitrogens is 1. The van der Waals surface area contributed by atoms with Crippen LogP contribution in [0.15, 0.2) is 24.5 Å². The van der Waals surface area contributed by atoms with E-state index in [0.717, 1.165) is 45.7 Å². The second kappa shape index (κ2) is 8.96. The summed E-state index contributed by atoms with van der Waals surface area (Å²) < 4.78 is 0. The molecule has 1 aromatic rings. The van der Waals surface area contributed by atoms with Gasteiger partial charge < -0.3 is 4.90 Å². The molecular formula is C25H38N4O. The van der Waals surface area contributed by atoms with E-state index in [-0.39, 0.29) is 5.92 Å². The third kappa shape index (κ3) is 4.43. The summed E-state index contributed by atoms with van der Waals surface area (Å²) in [5, 5.41) is 0. The van der Waals surface area contributed by atoms with Crippen LogP contribution in [-0.4, -0.2) is 70.9 Å². The van der Waals surface area contributed by atoms with Crippen molar-refractivity contribution in [1.29, 1.82) is 0 Å². The van der Waals surface area contributed by atoms with Gasteiger partial charge in [-0.1, -0.05) is 12.8 Å². The number of likely N-dealkylation sites (tertiary alicyclic amines) is 3. The molecule has 1 saturated carbocycles. The highest BCUT2D eigenvalue weighted by Gasteiger charge is 2.43. The van der Waals surface area contributed by atoms with Crippen LogP contribution in [0.25, 0.3) is 0 Å². The molecule has 4 fully saturated rings. The molecular weight excluding hydrogens is 372 g/mol. The molecule has 1 atom stereocenters. The average molecular weight is 411 g/mol. The highest BCUT2D eigenvalue weighted by molar-refractivity contribution is 5.79. The van der Waals surface area contributed by atoms with E-state index in [1.165, 1.54) is 63.5 Å². The smallest absolute Gasteiger partial charge is 0.226 e. The van der Waals surface area contributed by atoms with Gasteiger partial charge in [0.25, 0.3) is 0 Å². The van der Waals surface area contributed by atoms with Crippen LogP contribution in [0.5, 0.6) is 0 Å². The van der Waals surface area contributed by atoms with Gasteiger partial charge in [-0.05, 0) is 87.7 Å². The van der Waals surface area contributed by atoms with Crippen molar-refractivity contribution < 1.29 is 4.79 Å². The lowest BCUT2D eigenvalue weighted by Gasteiger charge is -2.42. The Bertz CT molecular complexity index is 709. The van der Waals surface area contributed by atoms with Crippen molar-refractivity contribution in [3.8, 4) is 0 Å². The topological polar surface area (TPSA) is 39.7 Å². The van der Waals surface area contributed by atoms with Gasteiger partial charge in [-0.15, -0.1) is 0 Å². The van der Waals surface area contributed by atoms with Crippen molar-refractivity contribution in [2.45, 2.75) is 70.4 Å². The first-order chi connectivity index (χ1) is 14.7. The summed E-state index contributed by atoms with van der Waals surface area (Å²) in [6, 6.07) is 4.91. The number of nitrogens with zero attached hydrogens (tertiary/aromatic N) is 4. The van der Waals surface area contributed by atoms with Crippen LogP contribution in [0, 0.1) is 11.3 Å². The van der Waals surface area contributed by atoms with E-state index in [4.69, 9.17) is 0 Å². The quantitative estimate of drug-likeness (QED) is 0.761. The van der Waals surface area contributed by atoms with E-state index in [9.17, 15) is 4.79 Å². The van der Waals surface area contributed by atoms with Crippen molar-refractivity contribution >= 4 is 5.91 Å². The summed E-state index contributed by atoms with van der Waals surface area (Å²) in [6.45, 7) is 7.61. The molecule has 1 aromatic heterocycles. The van der Waals surface area contributed by atoms with Gasteiger partial charge in [-0.25, -0.2) is 0 Å². The predicted molar refractivity (Wildman–Crippen MR) is 119 cm³/mol. The van der Waals surface area contributed by atoms with Crippen LogP contribution in [0.2, 0.25) is 0 Å². The Balaban J connectivity index is 1.11. The fourth-order valence-electron chi connectivity index (χ4n) is 6.64. The Labute approximate surface area is 181 Å². The number of piperidine rings is 2. The summed E-state index contributed by atoms with van der Waals surface area (Å²) in [4.78, 5) is 24.9. The molecule has 5 nitrogen and oxygen atoms in total. The van der Waals surface area contributed by atoms with Crippen LogP contribution in [0.1, 0.15) is 63.4 Å². The van der Waals surface area contributed by atoms with Crippen LogP contribution in [0.3, 0.4) is 0 Å². The van der Waals surface area contributed by atoms with E-state index in [0.29, 0.717) is 17.4 Å². The molecule has 3 aliphatic heterocycles. The lowest BCUT2D eigenvalue weighted by atomic mass is 9.85. The lowest BCUT2D eigenvalue weighted by Crippen LogP contribution is -2.51. The maximum Gasteiger partial charge on any atom is 0.226 e. The number of amides is 1. The van der Waals surface area contributed by atoms with E-state index < -0.39 is 0 Å². The maximum absolute atomic E-state index is 13.3. The molecule has 4 aliphatic rings. The fourth-order valence-corrected chi connectivity index (χ4v) is 6.64. The summed E-state index contributed by atoms with van der Waals surface area (Å²) in [5.41, 5.74) is 1.85. The molecule has 0 N–H and O–H groups in total. The van der Waals surface area contributed by atoms with Gasteiger partial charge in [-0.2, -0.15) is 0 Å². The minimum atomic E-state index is 0.241. The largest absolute Gasteiger partial charge is 0.342 e. The third-order valence-corrected chi connectivity index (χ3v) is 8.45. The molecule has 4 heterocycles. The first kappa shape index (κ1) is 20.4. The molecule has 164 valence electrons. The zero-order valence-corrected chi connectivity index (χ0v) is 18.5. The molecule has 5 rings (SSSR count). The van der Waals surface area contributed by atoms with Crippen molar-refractivity contribution in [2.75, 3.05) is 39.3 Å². The molecule has 1 aliphatic carbocycles. The van der Waals surface area contributed by atoms with Crippen LogP contribution in [-0.2, 0) is 11.3 Å². The Morgan fingerprint density at radius 2 is 1.73 bits per heavy atom. The van der Waals surface area contributed by atoms with Crippen LogP contribution >= 0.6 is 0 Å². The summed E-state index contributed by atoms with van der Waals surface area (Å²) in [6.07, 6.45) is 15.2. The molecule has 1 amide bonds. The number of hydrogen-bond donors (Lipinski definition) is 0. The van der Waals surface area contributed by atoms with Gasteiger partial charge >= 0.3 is 0 Å². The minimum absolute atomic E-state index is 0.241. The van der Waals surface area contributed by atoms with Crippen LogP contribution < -0.4 is 0 Å². The van der Waals surface area contributed by atoms with Gasteiger partial charge in [0.15, 0.2) is 0 Å².